The highest BCUT2D eigenvalue weighted by atomic mass is 32.2. The first kappa shape index (κ1) is 22.2. The van der Waals surface area contributed by atoms with Gasteiger partial charge in [0.1, 0.15) is 28.3 Å². The maximum atomic E-state index is 14.1. The molecule has 0 amide bonds. The Morgan fingerprint density at radius 3 is 2.76 bits per heavy atom. The summed E-state index contributed by atoms with van der Waals surface area (Å²) in [5, 5.41) is 9.33. The first-order chi connectivity index (χ1) is 15.7. The van der Waals surface area contributed by atoms with Gasteiger partial charge in [-0.25, -0.2) is 26.9 Å². The Hall–Kier alpha value is -3.97. The van der Waals surface area contributed by atoms with Crippen LogP contribution in [0.5, 0.6) is 5.88 Å². The number of aromatic nitrogens is 1. The number of halogens is 2. The van der Waals surface area contributed by atoms with Crippen molar-refractivity contribution in [1.82, 2.24) is 14.6 Å². The second kappa shape index (κ2) is 8.52. The lowest BCUT2D eigenvalue weighted by Crippen LogP contribution is -2.43. The van der Waals surface area contributed by atoms with Crippen molar-refractivity contribution in [2.45, 2.75) is 17.9 Å². The molecule has 0 fully saturated rings. The maximum Gasteiger partial charge on any atom is 0.377 e. The number of allylic oxidation sites excluding steroid dienone is 2. The van der Waals surface area contributed by atoms with E-state index in [0.29, 0.717) is 28.9 Å². The first-order valence-electron chi connectivity index (χ1n) is 9.54. The van der Waals surface area contributed by atoms with E-state index in [0.717, 1.165) is 12.1 Å². The minimum atomic E-state index is -4.40. The molecule has 0 saturated heterocycles. The summed E-state index contributed by atoms with van der Waals surface area (Å²) in [7, 11) is -3.09. The van der Waals surface area contributed by atoms with Crippen molar-refractivity contribution in [3.63, 3.8) is 0 Å². The molecule has 0 saturated carbocycles. The highest BCUT2D eigenvalue weighted by Gasteiger charge is 2.33. The molecule has 1 atom stereocenters. The predicted octanol–water partition coefficient (Wildman–Crippen LogP) is 1.64. The van der Waals surface area contributed by atoms with Crippen molar-refractivity contribution >= 4 is 33.0 Å². The van der Waals surface area contributed by atoms with Gasteiger partial charge in [-0.15, -0.1) is 0 Å². The molecule has 2 aromatic rings. The molecule has 0 spiro atoms. The summed E-state index contributed by atoms with van der Waals surface area (Å²) >= 11 is 0. The Labute approximate surface area is 188 Å². The van der Waals surface area contributed by atoms with Crippen LogP contribution in [-0.4, -0.2) is 48.3 Å². The van der Waals surface area contributed by atoms with E-state index in [4.69, 9.17) is 4.74 Å². The van der Waals surface area contributed by atoms with Gasteiger partial charge in [-0.3, -0.25) is 4.72 Å². The van der Waals surface area contributed by atoms with Crippen LogP contribution in [0.15, 0.2) is 53.7 Å². The molecule has 2 N–H and O–H groups in total. The molecule has 0 aliphatic carbocycles. The van der Waals surface area contributed by atoms with Gasteiger partial charge in [-0.05, 0) is 31.2 Å². The van der Waals surface area contributed by atoms with Gasteiger partial charge in [-0.1, -0.05) is 5.92 Å². The number of benzene rings is 1. The molecule has 1 aromatic heterocycles. The van der Waals surface area contributed by atoms with E-state index in [1.807, 2.05) is 0 Å². The van der Waals surface area contributed by atoms with Crippen LogP contribution in [-0.2, 0) is 10.0 Å². The molecule has 0 radical (unpaired) electrons. The van der Waals surface area contributed by atoms with E-state index in [9.17, 15) is 22.3 Å². The number of pyridine rings is 1. The average molecular weight is 471 g/mol. The number of ether oxygens (including phenoxy) is 1. The second-order valence-electron chi connectivity index (χ2n) is 6.99. The van der Waals surface area contributed by atoms with Gasteiger partial charge in [0, 0.05) is 35.4 Å². The third-order valence-corrected chi connectivity index (χ3v) is 5.97. The number of aliphatic hydroxyl groups is 1. The number of nitrogens with zero attached hydrogens (tertiary/aromatic N) is 3. The van der Waals surface area contributed by atoms with Crippen molar-refractivity contribution in [1.29, 1.82) is 0 Å². The molecule has 2 aliphatic rings. The number of methoxy groups -OCH3 is 1. The summed E-state index contributed by atoms with van der Waals surface area (Å²) in [5.41, 5.74) is 1.15. The van der Waals surface area contributed by atoms with E-state index in [1.54, 1.807) is 23.3 Å². The predicted molar refractivity (Wildman–Crippen MR) is 119 cm³/mol. The van der Waals surface area contributed by atoms with Gasteiger partial charge >= 0.3 is 11.7 Å². The molecule has 0 bridgehead atoms. The number of aliphatic hydroxyl groups excluding tert-OH is 1. The molecule has 8 nitrogen and oxygen atoms in total. The van der Waals surface area contributed by atoms with Crippen molar-refractivity contribution < 1.29 is 27.0 Å². The molecule has 1 unspecified atom stereocenters. The van der Waals surface area contributed by atoms with Gasteiger partial charge in [0.25, 0.3) is 10.0 Å². The lowest BCUT2D eigenvalue weighted by atomic mass is 10.0. The summed E-state index contributed by atoms with van der Waals surface area (Å²) in [6.45, 7) is 1.54. The van der Waals surface area contributed by atoms with Crippen molar-refractivity contribution in [2.24, 2.45) is 0 Å². The lowest BCUT2D eigenvalue weighted by Gasteiger charge is -2.19. The molecule has 11 heteroatoms. The van der Waals surface area contributed by atoms with Crippen LogP contribution in [0.1, 0.15) is 12.5 Å². The quantitative estimate of drug-likeness (QED) is 0.508. The zero-order valence-electron chi connectivity index (χ0n) is 17.4. The Morgan fingerprint density at radius 2 is 2.06 bits per heavy atom. The second-order valence-corrected chi connectivity index (χ2v) is 8.64. The highest BCUT2D eigenvalue weighted by Crippen LogP contribution is 2.30. The minimum absolute atomic E-state index is 0.0331. The number of fused-ring (bicyclic) bond motifs is 1. The van der Waals surface area contributed by atoms with E-state index in [-0.39, 0.29) is 11.6 Å². The van der Waals surface area contributed by atoms with Gasteiger partial charge in [0.2, 0.25) is 5.88 Å². The SMILES string of the molecule is COc1ncc(C2=CN3C(C#CC(C)O)=[N+]=C3C=C2)cc1NS(=O)(=O)c1ccc(F)cc1F. The number of amidine groups is 2. The van der Waals surface area contributed by atoms with Crippen molar-refractivity contribution in [2.75, 3.05) is 11.8 Å². The molecule has 168 valence electrons. The molecule has 4 rings (SSSR count). The Bertz CT molecular complexity index is 1450. The standard InChI is InChI=1S/C22H17F2N4O4S/c1-13(29)3-7-20-26-21-8-4-14(12-28(20)21)15-9-18(22(32-2)25-11-15)27-33(30,31)19-6-5-16(23)10-17(19)24/h4-6,8-13,27,29H,1-2H3/q+1. The van der Waals surface area contributed by atoms with Crippen LogP contribution >= 0.6 is 0 Å². The fourth-order valence-corrected chi connectivity index (χ4v) is 4.15. The summed E-state index contributed by atoms with van der Waals surface area (Å²) in [6, 6.07) is 3.64. The van der Waals surface area contributed by atoms with E-state index in [1.165, 1.54) is 26.3 Å². The summed E-state index contributed by atoms with van der Waals surface area (Å²) in [5.74, 6) is 4.32. The topological polar surface area (TPSA) is 106 Å². The van der Waals surface area contributed by atoms with Crippen LogP contribution in [0.3, 0.4) is 0 Å². The van der Waals surface area contributed by atoms with E-state index < -0.39 is 32.7 Å². The number of rotatable bonds is 5. The smallest absolute Gasteiger partial charge is 0.377 e. The van der Waals surface area contributed by atoms with Crippen molar-refractivity contribution in [3.05, 3.63) is 66.0 Å². The number of sulfonamides is 1. The maximum absolute atomic E-state index is 14.1. The first-order valence-corrected chi connectivity index (χ1v) is 11.0. The average Bonchev–Trinajstić information content (AvgIpc) is 2.73. The molecule has 2 aliphatic heterocycles. The zero-order chi connectivity index (χ0) is 23.8. The van der Waals surface area contributed by atoms with Crippen LogP contribution in [0, 0.1) is 23.5 Å². The number of hydrogen-bond donors (Lipinski definition) is 2. The zero-order valence-corrected chi connectivity index (χ0v) is 18.2. The van der Waals surface area contributed by atoms with Crippen LogP contribution in [0.2, 0.25) is 0 Å². The third kappa shape index (κ3) is 4.49. The van der Waals surface area contributed by atoms with Crippen LogP contribution in [0.25, 0.3) is 5.57 Å². The Morgan fingerprint density at radius 1 is 1.27 bits per heavy atom. The summed E-state index contributed by atoms with van der Waals surface area (Å²) < 4.78 is 64.3. The molecule has 33 heavy (non-hydrogen) atoms. The molecular formula is C22H17F2N4O4S+. The summed E-state index contributed by atoms with van der Waals surface area (Å²) in [4.78, 5) is 5.13. The molecule has 3 heterocycles. The minimum Gasteiger partial charge on any atom is -0.480 e. The van der Waals surface area contributed by atoms with Crippen LogP contribution in [0.4, 0.5) is 14.5 Å². The van der Waals surface area contributed by atoms with Crippen molar-refractivity contribution in [3.8, 4) is 17.7 Å². The van der Waals surface area contributed by atoms with Crippen LogP contribution < -0.4 is 14.1 Å². The Kier molecular flexibility index (Phi) is 5.74. The third-order valence-electron chi connectivity index (χ3n) is 4.57. The number of anilines is 1. The van der Waals surface area contributed by atoms with E-state index >= 15 is 0 Å². The highest BCUT2D eigenvalue weighted by molar-refractivity contribution is 7.92. The molecule has 1 aromatic carbocycles. The molecular weight excluding hydrogens is 454 g/mol. The normalized spacial score (nSPS) is 15.2. The van der Waals surface area contributed by atoms with Gasteiger partial charge in [-0.2, -0.15) is 4.90 Å². The Balaban J connectivity index is 1.66. The van der Waals surface area contributed by atoms with Gasteiger partial charge in [0.05, 0.1) is 13.3 Å². The number of nitrogens with one attached hydrogen (secondary N) is 1. The van der Waals surface area contributed by atoms with E-state index in [2.05, 4.69) is 26.2 Å². The number of hydrogen-bond acceptors (Lipinski definition) is 6. The monoisotopic (exact) mass is 471 g/mol. The fourth-order valence-electron chi connectivity index (χ4n) is 3.04. The lowest BCUT2D eigenvalue weighted by molar-refractivity contribution is 0.253. The van der Waals surface area contributed by atoms with Gasteiger partial charge in [0.15, 0.2) is 0 Å². The summed E-state index contributed by atoms with van der Waals surface area (Å²) in [6.07, 6.45) is 5.91. The van der Waals surface area contributed by atoms with Gasteiger partial charge < -0.3 is 9.84 Å². The fraction of sp³-hybridized carbons (Fsp3) is 0.136. The largest absolute Gasteiger partial charge is 0.480 e.